The summed E-state index contributed by atoms with van der Waals surface area (Å²) in [5.41, 5.74) is 0.601. The van der Waals surface area contributed by atoms with Crippen molar-refractivity contribution in [2.24, 2.45) is 5.92 Å². The van der Waals surface area contributed by atoms with Crippen LogP contribution >= 0.6 is 27.5 Å². The molecule has 102 valence electrons. The second-order valence-corrected chi connectivity index (χ2v) is 7.08. The van der Waals surface area contributed by atoms with Crippen LogP contribution in [0.3, 0.4) is 0 Å². The van der Waals surface area contributed by atoms with Crippen molar-refractivity contribution in [3.05, 3.63) is 10.6 Å². The number of aromatic nitrogens is 2. The molecule has 1 aromatic heterocycles. The van der Waals surface area contributed by atoms with Crippen LogP contribution in [0, 0.1) is 5.92 Å². The predicted molar refractivity (Wildman–Crippen MR) is 78.5 cm³/mol. The summed E-state index contributed by atoms with van der Waals surface area (Å²) in [6.45, 7) is 10.3. The van der Waals surface area contributed by atoms with Crippen LogP contribution in [0.5, 0.6) is 0 Å². The van der Waals surface area contributed by atoms with Gasteiger partial charge in [-0.2, -0.15) is 0 Å². The van der Waals surface area contributed by atoms with E-state index in [-0.39, 0.29) is 17.4 Å². The van der Waals surface area contributed by atoms with Gasteiger partial charge >= 0.3 is 0 Å². The summed E-state index contributed by atoms with van der Waals surface area (Å²) in [6.07, 6.45) is 0. The van der Waals surface area contributed by atoms with E-state index in [2.05, 4.69) is 44.7 Å². The van der Waals surface area contributed by atoms with Crippen LogP contribution < -0.4 is 5.32 Å². The Balaban J connectivity index is 2.89. The van der Waals surface area contributed by atoms with Gasteiger partial charge in [-0.1, -0.05) is 55.0 Å². The number of nitrogens with zero attached hydrogens (tertiary/aromatic N) is 2. The second-order valence-electron chi connectivity index (χ2n) is 5.68. The average molecular weight is 334 g/mol. The fourth-order valence-corrected chi connectivity index (χ4v) is 3.14. The molecule has 0 fully saturated rings. The minimum atomic E-state index is -0.165. The molecule has 0 radical (unpaired) electrons. The number of hydrogen-bond acceptors (Lipinski definition) is 4. The monoisotopic (exact) mass is 333 g/mol. The first kappa shape index (κ1) is 15.6. The van der Waals surface area contributed by atoms with E-state index < -0.39 is 0 Å². The van der Waals surface area contributed by atoms with Gasteiger partial charge < -0.3 is 5.32 Å². The molecule has 1 heterocycles. The molecular formula is C12H20BrN3OS. The summed E-state index contributed by atoms with van der Waals surface area (Å²) < 4.78 is 3.91. The quantitative estimate of drug-likeness (QED) is 0.861. The molecule has 6 heteroatoms. The maximum atomic E-state index is 12.2. The predicted octanol–water partition coefficient (Wildman–Crippen LogP) is 2.98. The summed E-state index contributed by atoms with van der Waals surface area (Å²) in [6, 6.07) is 0.118. The Bertz CT molecular complexity index is 412. The van der Waals surface area contributed by atoms with Crippen molar-refractivity contribution in [3.8, 4) is 0 Å². The van der Waals surface area contributed by atoms with E-state index in [1.165, 1.54) is 0 Å². The van der Waals surface area contributed by atoms with Gasteiger partial charge in [0.05, 0.1) is 5.69 Å². The number of nitrogens with one attached hydrogen (secondary N) is 1. The maximum Gasteiger partial charge on any atom is 0.265 e. The van der Waals surface area contributed by atoms with Gasteiger partial charge in [0, 0.05) is 16.8 Å². The first-order chi connectivity index (χ1) is 8.27. The van der Waals surface area contributed by atoms with Crippen molar-refractivity contribution in [3.63, 3.8) is 0 Å². The maximum absolute atomic E-state index is 12.2. The third kappa shape index (κ3) is 3.75. The highest BCUT2D eigenvalue weighted by molar-refractivity contribution is 9.09. The highest BCUT2D eigenvalue weighted by Crippen LogP contribution is 2.25. The highest BCUT2D eigenvalue weighted by atomic mass is 79.9. The summed E-state index contributed by atoms with van der Waals surface area (Å²) in [7, 11) is 0. The van der Waals surface area contributed by atoms with Crippen molar-refractivity contribution in [2.45, 2.75) is 46.1 Å². The molecule has 1 aromatic rings. The lowest BCUT2D eigenvalue weighted by Gasteiger charge is -2.21. The van der Waals surface area contributed by atoms with Crippen molar-refractivity contribution in [1.82, 2.24) is 14.9 Å². The van der Waals surface area contributed by atoms with E-state index in [0.717, 1.165) is 22.6 Å². The Hall–Kier alpha value is -0.490. The number of rotatable bonds is 4. The molecular weight excluding hydrogens is 314 g/mol. The van der Waals surface area contributed by atoms with Crippen molar-refractivity contribution in [2.75, 3.05) is 5.33 Å². The molecule has 1 unspecified atom stereocenters. The smallest absolute Gasteiger partial charge is 0.265 e. The number of amides is 1. The molecule has 0 aliphatic carbocycles. The van der Waals surface area contributed by atoms with Gasteiger partial charge in [-0.05, 0) is 17.5 Å². The van der Waals surface area contributed by atoms with E-state index in [1.54, 1.807) is 0 Å². The highest BCUT2D eigenvalue weighted by Gasteiger charge is 2.27. The summed E-state index contributed by atoms with van der Waals surface area (Å²) in [5.74, 6) is 0.306. The Morgan fingerprint density at radius 1 is 1.44 bits per heavy atom. The van der Waals surface area contributed by atoms with Gasteiger partial charge in [-0.3, -0.25) is 4.79 Å². The second kappa shape index (κ2) is 6.10. The molecule has 1 atom stereocenters. The third-order valence-electron chi connectivity index (χ3n) is 2.69. The van der Waals surface area contributed by atoms with Gasteiger partial charge in [-0.15, -0.1) is 5.10 Å². The lowest BCUT2D eigenvalue weighted by atomic mass is 9.91. The Labute approximate surface area is 121 Å². The van der Waals surface area contributed by atoms with Gasteiger partial charge in [0.2, 0.25) is 0 Å². The zero-order chi connectivity index (χ0) is 13.9. The lowest BCUT2D eigenvalue weighted by Crippen LogP contribution is -2.40. The van der Waals surface area contributed by atoms with E-state index >= 15 is 0 Å². The SMILES string of the molecule is CC(C)C(CBr)NC(=O)c1snnc1C(C)(C)C. The molecule has 0 saturated carbocycles. The number of carbonyl (C=O) groups is 1. The zero-order valence-corrected chi connectivity index (χ0v) is 13.9. The van der Waals surface area contributed by atoms with Crippen LogP contribution in [0.1, 0.15) is 50.0 Å². The Morgan fingerprint density at radius 3 is 2.50 bits per heavy atom. The number of carbonyl (C=O) groups excluding carboxylic acids is 1. The molecule has 1 amide bonds. The van der Waals surface area contributed by atoms with Crippen LogP contribution in [0.15, 0.2) is 0 Å². The third-order valence-corrected chi connectivity index (χ3v) is 4.11. The number of alkyl halides is 1. The van der Waals surface area contributed by atoms with Gasteiger partial charge in [-0.25, -0.2) is 0 Å². The van der Waals surface area contributed by atoms with Gasteiger partial charge in [0.15, 0.2) is 0 Å². The number of halogens is 1. The molecule has 1 rings (SSSR count). The molecule has 0 bridgehead atoms. The summed E-state index contributed by atoms with van der Waals surface area (Å²) >= 11 is 4.58. The molecule has 4 nitrogen and oxygen atoms in total. The van der Waals surface area contributed by atoms with E-state index in [1.807, 2.05) is 20.8 Å². The van der Waals surface area contributed by atoms with E-state index in [9.17, 15) is 4.79 Å². The molecule has 0 spiro atoms. The van der Waals surface area contributed by atoms with Crippen molar-refractivity contribution in [1.29, 1.82) is 0 Å². The van der Waals surface area contributed by atoms with Crippen LogP contribution in [0.4, 0.5) is 0 Å². The lowest BCUT2D eigenvalue weighted by molar-refractivity contribution is 0.0933. The largest absolute Gasteiger partial charge is 0.347 e. The molecule has 0 aromatic carbocycles. The molecule has 18 heavy (non-hydrogen) atoms. The van der Waals surface area contributed by atoms with E-state index in [4.69, 9.17) is 0 Å². The fourth-order valence-electron chi connectivity index (χ4n) is 1.45. The van der Waals surface area contributed by atoms with Gasteiger partial charge in [0.25, 0.3) is 5.91 Å². The topological polar surface area (TPSA) is 54.9 Å². The van der Waals surface area contributed by atoms with Crippen molar-refractivity contribution < 1.29 is 4.79 Å². The Morgan fingerprint density at radius 2 is 2.06 bits per heavy atom. The van der Waals surface area contributed by atoms with Crippen LogP contribution in [0.25, 0.3) is 0 Å². The molecule has 0 aliphatic heterocycles. The average Bonchev–Trinajstić information content (AvgIpc) is 2.73. The molecule has 0 saturated heterocycles. The summed E-state index contributed by atoms with van der Waals surface area (Å²) in [4.78, 5) is 12.9. The Kier molecular flexibility index (Phi) is 5.28. The normalized spacial score (nSPS) is 13.7. The first-order valence-electron chi connectivity index (χ1n) is 5.97. The standard InChI is InChI=1S/C12H20BrN3OS/c1-7(2)8(6-13)14-11(17)9-10(12(3,4)5)15-16-18-9/h7-8H,6H2,1-5H3,(H,14,17). The van der Waals surface area contributed by atoms with Crippen LogP contribution in [0.2, 0.25) is 0 Å². The minimum Gasteiger partial charge on any atom is -0.347 e. The number of hydrogen-bond donors (Lipinski definition) is 1. The molecule has 1 N–H and O–H groups in total. The van der Waals surface area contributed by atoms with Crippen molar-refractivity contribution >= 4 is 33.4 Å². The van der Waals surface area contributed by atoms with E-state index in [0.29, 0.717) is 10.8 Å². The first-order valence-corrected chi connectivity index (χ1v) is 7.86. The molecule has 0 aliphatic rings. The minimum absolute atomic E-state index is 0.0759. The van der Waals surface area contributed by atoms with Crippen LogP contribution in [-0.2, 0) is 5.41 Å². The fraction of sp³-hybridized carbons (Fsp3) is 0.750. The zero-order valence-electron chi connectivity index (χ0n) is 11.5. The van der Waals surface area contributed by atoms with Crippen LogP contribution in [-0.4, -0.2) is 26.9 Å². The summed E-state index contributed by atoms with van der Waals surface area (Å²) in [5, 5.41) is 7.85. The van der Waals surface area contributed by atoms with Gasteiger partial charge in [0.1, 0.15) is 4.88 Å².